The summed E-state index contributed by atoms with van der Waals surface area (Å²) in [7, 11) is -3.94. The molecule has 0 amide bonds. The zero-order chi connectivity index (χ0) is 16.7. The third kappa shape index (κ3) is 4.23. The fourth-order valence-corrected chi connectivity index (χ4v) is 2.29. The molecular weight excluding hydrogens is 318 g/mol. The molecule has 0 aliphatic heterocycles. The lowest BCUT2D eigenvalue weighted by atomic mass is 10.3. The number of nitrogens with zero attached hydrogens (tertiary/aromatic N) is 6. The minimum Gasteiger partial charge on any atom is -0.366 e. The van der Waals surface area contributed by atoms with Crippen LogP contribution in [0.25, 0.3) is 4.72 Å². The van der Waals surface area contributed by atoms with Gasteiger partial charge in [-0.15, -0.1) is 0 Å². The first-order valence-corrected chi connectivity index (χ1v) is 7.48. The van der Waals surface area contributed by atoms with Crippen molar-refractivity contribution in [1.82, 2.24) is 9.97 Å². The Morgan fingerprint density at radius 2 is 1.74 bits per heavy atom. The van der Waals surface area contributed by atoms with Gasteiger partial charge in [0.25, 0.3) is 0 Å². The fraction of sp³-hybridized carbons (Fsp3) is 0. The third-order valence-corrected chi connectivity index (χ3v) is 3.69. The minimum atomic E-state index is -3.94. The molecule has 0 aliphatic carbocycles. The smallest absolute Gasteiger partial charge is 0.237 e. The number of rotatable bonds is 5. The van der Waals surface area contributed by atoms with Gasteiger partial charge in [0.1, 0.15) is 12.1 Å². The van der Waals surface area contributed by atoms with Crippen LogP contribution in [0.15, 0.2) is 52.7 Å². The molecule has 0 spiro atoms. The second kappa shape index (κ2) is 6.98. The SMILES string of the molecule is N#CC(C#N)=NNc1ccc(S(=O)(=O)[N-]c2ncccn2)cc1. The average molecular weight is 326 g/mol. The summed E-state index contributed by atoms with van der Waals surface area (Å²) in [6.45, 7) is 0. The van der Waals surface area contributed by atoms with Gasteiger partial charge in [-0.25, -0.2) is 8.42 Å². The lowest BCUT2D eigenvalue weighted by Crippen LogP contribution is -2.00. The highest BCUT2D eigenvalue weighted by molar-refractivity contribution is 7.94. The van der Waals surface area contributed by atoms with Crippen molar-refractivity contribution in [3.63, 3.8) is 0 Å². The van der Waals surface area contributed by atoms with Crippen LogP contribution in [-0.4, -0.2) is 24.1 Å². The zero-order valence-electron chi connectivity index (χ0n) is 11.4. The molecular formula is C13H8N7O2S-. The summed E-state index contributed by atoms with van der Waals surface area (Å²) in [6.07, 6.45) is 2.77. The van der Waals surface area contributed by atoms with Crippen molar-refractivity contribution in [2.75, 3.05) is 5.43 Å². The van der Waals surface area contributed by atoms with Crippen molar-refractivity contribution in [3.05, 3.63) is 47.4 Å². The molecule has 23 heavy (non-hydrogen) atoms. The van der Waals surface area contributed by atoms with E-state index in [4.69, 9.17) is 10.5 Å². The molecule has 9 nitrogen and oxygen atoms in total. The molecule has 0 saturated carbocycles. The number of nitriles is 2. The van der Waals surface area contributed by atoms with Crippen molar-refractivity contribution in [1.29, 1.82) is 10.5 Å². The molecule has 114 valence electrons. The largest absolute Gasteiger partial charge is 0.366 e. The van der Waals surface area contributed by atoms with Crippen molar-refractivity contribution >= 4 is 27.4 Å². The van der Waals surface area contributed by atoms with Crippen LogP contribution in [-0.2, 0) is 10.0 Å². The number of hydrogen-bond acceptors (Lipinski definition) is 8. The maximum Gasteiger partial charge on any atom is 0.237 e. The number of hydrazone groups is 1. The summed E-state index contributed by atoms with van der Waals surface area (Å²) in [5.74, 6) is -0.160. The van der Waals surface area contributed by atoms with E-state index in [0.717, 1.165) is 0 Å². The van der Waals surface area contributed by atoms with Gasteiger partial charge in [-0.2, -0.15) is 15.6 Å². The van der Waals surface area contributed by atoms with E-state index in [-0.39, 0.29) is 16.6 Å². The molecule has 0 unspecified atom stereocenters. The molecule has 0 aliphatic rings. The molecule has 10 heteroatoms. The Kier molecular flexibility index (Phi) is 4.82. The maximum atomic E-state index is 12.1. The van der Waals surface area contributed by atoms with Crippen molar-refractivity contribution in [3.8, 4) is 12.1 Å². The number of aromatic nitrogens is 2. The van der Waals surface area contributed by atoms with Gasteiger partial charge in [-0.3, -0.25) is 10.1 Å². The zero-order valence-corrected chi connectivity index (χ0v) is 12.3. The van der Waals surface area contributed by atoms with Gasteiger partial charge in [-0.05, 0) is 36.7 Å². The van der Waals surface area contributed by atoms with E-state index in [1.165, 1.54) is 36.7 Å². The van der Waals surface area contributed by atoms with E-state index in [2.05, 4.69) is 25.2 Å². The molecule has 0 saturated heterocycles. The van der Waals surface area contributed by atoms with E-state index in [1.54, 1.807) is 18.2 Å². The first kappa shape index (κ1) is 15.9. The number of benzene rings is 1. The molecule has 1 heterocycles. The van der Waals surface area contributed by atoms with Crippen molar-refractivity contribution < 1.29 is 8.42 Å². The van der Waals surface area contributed by atoms with Crippen molar-refractivity contribution in [2.45, 2.75) is 4.90 Å². The van der Waals surface area contributed by atoms with Crippen LogP contribution in [0.4, 0.5) is 11.6 Å². The molecule has 1 N–H and O–H groups in total. The first-order chi connectivity index (χ1) is 11.0. The molecule has 2 rings (SSSR count). The van der Waals surface area contributed by atoms with Crippen LogP contribution in [0, 0.1) is 22.7 Å². The highest BCUT2D eigenvalue weighted by Gasteiger charge is 2.11. The van der Waals surface area contributed by atoms with Gasteiger partial charge >= 0.3 is 0 Å². The van der Waals surface area contributed by atoms with Gasteiger partial charge in [0.05, 0.1) is 10.6 Å². The van der Waals surface area contributed by atoms with E-state index in [1.807, 2.05) is 0 Å². The van der Waals surface area contributed by atoms with E-state index in [0.29, 0.717) is 5.69 Å². The van der Waals surface area contributed by atoms with Crippen LogP contribution in [0.3, 0.4) is 0 Å². The summed E-state index contributed by atoms with van der Waals surface area (Å²) in [5.41, 5.74) is 2.52. The van der Waals surface area contributed by atoms with Crippen LogP contribution >= 0.6 is 0 Å². The van der Waals surface area contributed by atoms with Crippen LogP contribution < -0.4 is 5.43 Å². The second-order valence-electron chi connectivity index (χ2n) is 3.94. The Hall–Kier alpha value is -3.50. The van der Waals surface area contributed by atoms with Crippen LogP contribution in [0.5, 0.6) is 0 Å². The summed E-state index contributed by atoms with van der Waals surface area (Å²) in [6, 6.07) is 10.2. The van der Waals surface area contributed by atoms with Crippen molar-refractivity contribution in [2.24, 2.45) is 5.10 Å². The highest BCUT2D eigenvalue weighted by atomic mass is 32.2. The predicted octanol–water partition coefficient (Wildman–Crippen LogP) is 1.69. The van der Waals surface area contributed by atoms with Gasteiger partial charge in [-0.1, -0.05) is 6.07 Å². The lowest BCUT2D eigenvalue weighted by Gasteiger charge is -2.12. The minimum absolute atomic E-state index is 0.0553. The maximum absolute atomic E-state index is 12.1. The monoisotopic (exact) mass is 326 g/mol. The average Bonchev–Trinajstić information content (AvgIpc) is 2.57. The first-order valence-electron chi connectivity index (χ1n) is 6.04. The van der Waals surface area contributed by atoms with Gasteiger partial charge in [0, 0.05) is 5.95 Å². The summed E-state index contributed by atoms with van der Waals surface area (Å²) < 4.78 is 27.7. The normalized spacial score (nSPS) is 10.0. The highest BCUT2D eigenvalue weighted by Crippen LogP contribution is 2.24. The number of anilines is 1. The summed E-state index contributed by atoms with van der Waals surface area (Å²) in [4.78, 5) is 7.40. The standard InChI is InChI=1S/C13H8N7O2S/c14-8-11(9-15)19-18-10-2-4-12(5-3-10)23(21,22)20-13-16-6-1-7-17-13/h1-7,18H/q-1. The van der Waals surface area contributed by atoms with Crippen LogP contribution in [0.2, 0.25) is 0 Å². The van der Waals surface area contributed by atoms with Gasteiger partial charge < -0.3 is 9.97 Å². The molecule has 2 aromatic rings. The molecule has 0 fully saturated rings. The van der Waals surface area contributed by atoms with Crippen LogP contribution in [0.1, 0.15) is 0 Å². The Balaban J connectivity index is 2.15. The summed E-state index contributed by atoms with van der Waals surface area (Å²) >= 11 is 0. The number of nitrogens with one attached hydrogen (secondary N) is 1. The Morgan fingerprint density at radius 3 is 2.30 bits per heavy atom. The summed E-state index contributed by atoms with van der Waals surface area (Å²) in [5, 5.41) is 20.6. The fourth-order valence-electron chi connectivity index (χ4n) is 1.40. The topological polar surface area (TPSA) is 146 Å². The Morgan fingerprint density at radius 1 is 1.13 bits per heavy atom. The molecule has 1 aromatic heterocycles. The molecule has 1 aromatic carbocycles. The van der Waals surface area contributed by atoms with Gasteiger partial charge in [0.2, 0.25) is 15.7 Å². The molecule has 0 radical (unpaired) electrons. The van der Waals surface area contributed by atoms with E-state index < -0.39 is 10.0 Å². The quantitative estimate of drug-likeness (QED) is 0.649. The number of hydrogen-bond donors (Lipinski definition) is 1. The predicted molar refractivity (Wildman–Crippen MR) is 81.0 cm³/mol. The van der Waals surface area contributed by atoms with E-state index >= 15 is 0 Å². The second-order valence-corrected chi connectivity index (χ2v) is 5.54. The third-order valence-electron chi connectivity index (χ3n) is 2.41. The Bertz CT molecular complexity index is 878. The van der Waals surface area contributed by atoms with Gasteiger partial charge in [0.15, 0.2) is 0 Å². The number of sulfonamides is 1. The Labute approximate surface area is 132 Å². The molecule has 0 bridgehead atoms. The van der Waals surface area contributed by atoms with E-state index in [9.17, 15) is 8.42 Å². The molecule has 0 atom stereocenters. The lowest BCUT2D eigenvalue weighted by molar-refractivity contribution is 0.603.